The molecule has 1 amide bonds. The lowest BCUT2D eigenvalue weighted by molar-refractivity contribution is 0.0636. The van der Waals surface area contributed by atoms with E-state index in [1.54, 1.807) is 25.3 Å². The normalized spacial score (nSPS) is 17.9. The first-order chi connectivity index (χ1) is 10.4. The highest BCUT2D eigenvalue weighted by molar-refractivity contribution is 5.85. The Morgan fingerprint density at radius 2 is 2.09 bits per heavy atom. The number of hydrogen-bond donors (Lipinski definition) is 2. The average molecular weight is 308 g/mol. The van der Waals surface area contributed by atoms with Crippen molar-refractivity contribution in [3.8, 4) is 11.5 Å². The summed E-state index contributed by atoms with van der Waals surface area (Å²) in [4.78, 5) is 11.8. The number of methoxy groups -OCH3 is 1. The third-order valence-corrected chi connectivity index (χ3v) is 3.12. The quantitative estimate of drug-likeness (QED) is 0.895. The highest BCUT2D eigenvalue weighted by atomic mass is 16.6. The van der Waals surface area contributed by atoms with Crippen LogP contribution in [0.5, 0.6) is 11.5 Å². The minimum atomic E-state index is -0.536. The molecule has 1 saturated heterocycles. The second kappa shape index (κ2) is 6.87. The fourth-order valence-corrected chi connectivity index (χ4v) is 2.18. The van der Waals surface area contributed by atoms with Gasteiger partial charge in [-0.05, 0) is 45.9 Å². The van der Waals surface area contributed by atoms with Crippen molar-refractivity contribution in [2.24, 2.45) is 0 Å². The Morgan fingerprint density at radius 1 is 1.32 bits per heavy atom. The summed E-state index contributed by atoms with van der Waals surface area (Å²) in [6.45, 7) is 7.22. The fraction of sp³-hybridized carbons (Fsp3) is 0.562. The number of benzene rings is 1. The Morgan fingerprint density at radius 3 is 2.68 bits per heavy atom. The van der Waals surface area contributed by atoms with E-state index < -0.39 is 11.7 Å². The van der Waals surface area contributed by atoms with E-state index in [4.69, 9.17) is 14.2 Å². The van der Waals surface area contributed by atoms with Crippen LogP contribution in [-0.4, -0.2) is 38.0 Å². The third-order valence-electron chi connectivity index (χ3n) is 3.12. The Bertz CT molecular complexity index is 519. The van der Waals surface area contributed by atoms with Crippen molar-refractivity contribution in [1.29, 1.82) is 0 Å². The number of amides is 1. The predicted octanol–water partition coefficient (Wildman–Crippen LogP) is 2.78. The van der Waals surface area contributed by atoms with Gasteiger partial charge in [0.25, 0.3) is 0 Å². The van der Waals surface area contributed by atoms with Gasteiger partial charge in [0.2, 0.25) is 0 Å². The van der Waals surface area contributed by atoms with Crippen LogP contribution in [0.4, 0.5) is 10.5 Å². The smallest absolute Gasteiger partial charge is 0.412 e. The van der Waals surface area contributed by atoms with Gasteiger partial charge in [-0.2, -0.15) is 0 Å². The molecule has 1 aromatic rings. The topological polar surface area (TPSA) is 68.8 Å². The van der Waals surface area contributed by atoms with Crippen molar-refractivity contribution >= 4 is 11.8 Å². The van der Waals surface area contributed by atoms with E-state index in [0.717, 1.165) is 19.5 Å². The number of ether oxygens (including phenoxy) is 3. The number of hydrogen-bond acceptors (Lipinski definition) is 5. The van der Waals surface area contributed by atoms with Crippen LogP contribution in [0, 0.1) is 0 Å². The molecule has 1 atom stereocenters. The first kappa shape index (κ1) is 16.4. The molecule has 6 heteroatoms. The maximum Gasteiger partial charge on any atom is 0.412 e. The molecule has 0 saturated carbocycles. The lowest BCUT2D eigenvalue weighted by Gasteiger charge is -2.20. The van der Waals surface area contributed by atoms with Crippen molar-refractivity contribution in [1.82, 2.24) is 5.32 Å². The van der Waals surface area contributed by atoms with E-state index in [1.165, 1.54) is 0 Å². The molecule has 0 aliphatic carbocycles. The van der Waals surface area contributed by atoms with E-state index >= 15 is 0 Å². The van der Waals surface area contributed by atoms with Crippen molar-refractivity contribution in [2.45, 2.75) is 38.9 Å². The largest absolute Gasteiger partial charge is 0.493 e. The van der Waals surface area contributed by atoms with Crippen molar-refractivity contribution in [3.63, 3.8) is 0 Å². The summed E-state index contributed by atoms with van der Waals surface area (Å²) in [5.41, 5.74) is 0.0711. The molecule has 1 aliphatic rings. The van der Waals surface area contributed by atoms with E-state index in [0.29, 0.717) is 17.2 Å². The van der Waals surface area contributed by atoms with Crippen molar-refractivity contribution in [3.05, 3.63) is 18.2 Å². The van der Waals surface area contributed by atoms with Crippen LogP contribution < -0.4 is 20.1 Å². The predicted molar refractivity (Wildman–Crippen MR) is 84.8 cm³/mol. The van der Waals surface area contributed by atoms with Crippen LogP contribution in [0.2, 0.25) is 0 Å². The summed E-state index contributed by atoms with van der Waals surface area (Å²) >= 11 is 0. The van der Waals surface area contributed by atoms with Crippen LogP contribution in [0.1, 0.15) is 27.2 Å². The summed E-state index contributed by atoms with van der Waals surface area (Å²) in [7, 11) is 1.59. The molecule has 1 heterocycles. The molecule has 0 spiro atoms. The molecule has 1 aromatic carbocycles. The van der Waals surface area contributed by atoms with E-state index in [2.05, 4.69) is 10.6 Å². The standard InChI is InChI=1S/C16H24N2O4/c1-16(2,3)22-15(19)18-11-5-6-13(20-4)14(9-11)21-12-7-8-17-10-12/h5-6,9,12,17H,7-8,10H2,1-4H3,(H,18,19). The summed E-state index contributed by atoms with van der Waals surface area (Å²) in [6.07, 6.45) is 0.573. The first-order valence-electron chi connectivity index (χ1n) is 7.43. The maximum absolute atomic E-state index is 11.8. The highest BCUT2D eigenvalue weighted by Gasteiger charge is 2.20. The van der Waals surface area contributed by atoms with Crippen LogP contribution in [0.3, 0.4) is 0 Å². The zero-order valence-electron chi connectivity index (χ0n) is 13.6. The van der Waals surface area contributed by atoms with Crippen molar-refractivity contribution in [2.75, 3.05) is 25.5 Å². The first-order valence-corrected chi connectivity index (χ1v) is 7.43. The second-order valence-corrected chi connectivity index (χ2v) is 6.23. The number of rotatable bonds is 4. The van der Waals surface area contributed by atoms with Crippen LogP contribution >= 0.6 is 0 Å². The zero-order chi connectivity index (χ0) is 16.2. The van der Waals surface area contributed by atoms with Crippen LogP contribution in [-0.2, 0) is 4.74 Å². The van der Waals surface area contributed by atoms with Gasteiger partial charge in [0, 0.05) is 18.3 Å². The number of anilines is 1. The lowest BCUT2D eigenvalue weighted by Crippen LogP contribution is -2.27. The molecular weight excluding hydrogens is 284 g/mol. The number of nitrogens with one attached hydrogen (secondary N) is 2. The molecule has 0 radical (unpaired) electrons. The minimum absolute atomic E-state index is 0.116. The molecule has 122 valence electrons. The van der Waals surface area contributed by atoms with Gasteiger partial charge in [0.15, 0.2) is 11.5 Å². The minimum Gasteiger partial charge on any atom is -0.493 e. The molecule has 0 bridgehead atoms. The Kier molecular flexibility index (Phi) is 5.13. The van der Waals surface area contributed by atoms with E-state index in [-0.39, 0.29) is 6.10 Å². The summed E-state index contributed by atoms with van der Waals surface area (Å²) in [6, 6.07) is 5.27. The van der Waals surface area contributed by atoms with Gasteiger partial charge in [0.1, 0.15) is 11.7 Å². The van der Waals surface area contributed by atoms with Gasteiger partial charge >= 0.3 is 6.09 Å². The van der Waals surface area contributed by atoms with Gasteiger partial charge in [0.05, 0.1) is 7.11 Å². The molecule has 6 nitrogen and oxygen atoms in total. The van der Waals surface area contributed by atoms with Gasteiger partial charge in [-0.3, -0.25) is 5.32 Å². The SMILES string of the molecule is COc1ccc(NC(=O)OC(C)(C)C)cc1OC1CCNC1. The van der Waals surface area contributed by atoms with Gasteiger partial charge in [-0.15, -0.1) is 0 Å². The molecule has 2 rings (SSSR count). The second-order valence-electron chi connectivity index (χ2n) is 6.23. The molecule has 1 fully saturated rings. The van der Waals surface area contributed by atoms with E-state index in [9.17, 15) is 4.79 Å². The maximum atomic E-state index is 11.8. The molecular formula is C16H24N2O4. The van der Waals surface area contributed by atoms with Crippen molar-refractivity contribution < 1.29 is 19.0 Å². The Balaban J connectivity index is 2.07. The fourth-order valence-electron chi connectivity index (χ4n) is 2.18. The summed E-state index contributed by atoms with van der Waals surface area (Å²) in [5.74, 6) is 1.26. The van der Waals surface area contributed by atoms with Gasteiger partial charge < -0.3 is 19.5 Å². The zero-order valence-corrected chi connectivity index (χ0v) is 13.6. The third kappa shape index (κ3) is 4.80. The highest BCUT2D eigenvalue weighted by Crippen LogP contribution is 2.32. The number of carbonyl (C=O) groups excluding carboxylic acids is 1. The monoisotopic (exact) mass is 308 g/mol. The number of carbonyl (C=O) groups is 1. The Labute approximate surface area is 131 Å². The van der Waals surface area contributed by atoms with Gasteiger partial charge in [-0.1, -0.05) is 0 Å². The molecule has 1 aliphatic heterocycles. The van der Waals surface area contributed by atoms with Gasteiger partial charge in [-0.25, -0.2) is 4.79 Å². The van der Waals surface area contributed by atoms with E-state index in [1.807, 2.05) is 20.8 Å². The average Bonchev–Trinajstić information content (AvgIpc) is 2.89. The van der Waals surface area contributed by atoms with Crippen LogP contribution in [0.15, 0.2) is 18.2 Å². The molecule has 22 heavy (non-hydrogen) atoms. The molecule has 0 aromatic heterocycles. The summed E-state index contributed by atoms with van der Waals surface area (Å²) < 4.78 is 16.5. The Hall–Kier alpha value is -1.95. The van der Waals surface area contributed by atoms with Crippen LogP contribution in [0.25, 0.3) is 0 Å². The molecule has 2 N–H and O–H groups in total. The molecule has 1 unspecified atom stereocenters. The lowest BCUT2D eigenvalue weighted by atomic mass is 10.2. The summed E-state index contributed by atoms with van der Waals surface area (Å²) in [5, 5.41) is 5.95.